The maximum Gasteiger partial charge on any atom is 0.108 e. The third kappa shape index (κ3) is 2.05. The summed E-state index contributed by atoms with van der Waals surface area (Å²) in [6.07, 6.45) is 0. The van der Waals surface area contributed by atoms with Crippen molar-refractivity contribution < 1.29 is 0 Å². The molecule has 0 saturated carbocycles. The predicted octanol–water partition coefficient (Wildman–Crippen LogP) is 4.26. The zero-order valence-corrected chi connectivity index (χ0v) is 9.60. The quantitative estimate of drug-likeness (QED) is 0.725. The number of rotatable bonds is 2. The highest BCUT2D eigenvalue weighted by molar-refractivity contribution is 7.19. The van der Waals surface area contributed by atoms with Crippen molar-refractivity contribution in [3.63, 3.8) is 0 Å². The second-order valence-electron chi connectivity index (χ2n) is 2.36. The van der Waals surface area contributed by atoms with Crippen molar-refractivity contribution in [2.45, 2.75) is 5.88 Å². The molecule has 0 N–H and O–H groups in total. The number of hydrogen-bond donors (Lipinski definition) is 0. The third-order valence-corrected chi connectivity index (χ3v) is 4.01. The molecule has 0 radical (unpaired) electrons. The first-order valence-electron chi connectivity index (χ1n) is 3.55. The van der Waals surface area contributed by atoms with E-state index in [0.29, 0.717) is 5.88 Å². The van der Waals surface area contributed by atoms with Crippen LogP contribution in [0.3, 0.4) is 0 Å². The Morgan fingerprint density at radius 1 is 1.38 bits per heavy atom. The highest BCUT2D eigenvalue weighted by Gasteiger charge is 2.05. The molecular weight excluding hydrogens is 245 g/mol. The summed E-state index contributed by atoms with van der Waals surface area (Å²) in [7, 11) is 0. The van der Waals surface area contributed by atoms with Gasteiger partial charge in [-0.2, -0.15) is 0 Å². The summed E-state index contributed by atoms with van der Waals surface area (Å²) in [5, 5.41) is 2.95. The molecule has 68 valence electrons. The van der Waals surface area contributed by atoms with E-state index in [9.17, 15) is 0 Å². The molecule has 0 aliphatic carbocycles. The van der Waals surface area contributed by atoms with Crippen LogP contribution in [-0.4, -0.2) is 4.98 Å². The summed E-state index contributed by atoms with van der Waals surface area (Å²) >= 11 is 14.6. The van der Waals surface area contributed by atoms with Gasteiger partial charge in [0.1, 0.15) is 5.01 Å². The van der Waals surface area contributed by atoms with Crippen molar-refractivity contribution >= 4 is 45.9 Å². The lowest BCUT2D eigenvalue weighted by molar-refractivity contribution is 1.27. The molecule has 0 bridgehead atoms. The molecule has 0 spiro atoms. The van der Waals surface area contributed by atoms with E-state index in [4.69, 9.17) is 23.2 Å². The average Bonchev–Trinajstić information content (AvgIpc) is 2.71. The van der Waals surface area contributed by atoms with E-state index in [0.717, 1.165) is 19.9 Å². The molecule has 2 heterocycles. The fourth-order valence-electron chi connectivity index (χ4n) is 0.937. The summed E-state index contributed by atoms with van der Waals surface area (Å²) in [6.45, 7) is 0. The fourth-order valence-corrected chi connectivity index (χ4v) is 2.91. The maximum atomic E-state index is 5.82. The molecule has 2 rings (SSSR count). The number of thiazole rings is 1. The van der Waals surface area contributed by atoms with Gasteiger partial charge in [0.05, 0.1) is 20.8 Å². The zero-order chi connectivity index (χ0) is 9.26. The van der Waals surface area contributed by atoms with Crippen LogP contribution in [0.5, 0.6) is 0 Å². The molecule has 0 aliphatic rings. The number of aromatic nitrogens is 1. The number of alkyl halides is 1. The molecule has 0 amide bonds. The number of nitrogens with zero attached hydrogens (tertiary/aromatic N) is 1. The molecule has 0 unspecified atom stereocenters. The van der Waals surface area contributed by atoms with Gasteiger partial charge < -0.3 is 0 Å². The van der Waals surface area contributed by atoms with E-state index in [1.165, 1.54) is 11.3 Å². The first kappa shape index (κ1) is 9.46. The van der Waals surface area contributed by atoms with Gasteiger partial charge >= 0.3 is 0 Å². The minimum atomic E-state index is 0.476. The van der Waals surface area contributed by atoms with Crippen molar-refractivity contribution in [1.29, 1.82) is 0 Å². The third-order valence-electron chi connectivity index (χ3n) is 1.49. The SMILES string of the molecule is ClCc1nc(-c2ccc(Cl)s2)cs1. The first-order valence-corrected chi connectivity index (χ1v) is 6.16. The van der Waals surface area contributed by atoms with Gasteiger partial charge in [-0.25, -0.2) is 4.98 Å². The van der Waals surface area contributed by atoms with E-state index in [2.05, 4.69) is 4.98 Å². The molecule has 1 nitrogen and oxygen atoms in total. The Morgan fingerprint density at radius 3 is 2.77 bits per heavy atom. The highest BCUT2D eigenvalue weighted by Crippen LogP contribution is 2.31. The number of halogens is 2. The van der Waals surface area contributed by atoms with Crippen molar-refractivity contribution in [2.24, 2.45) is 0 Å². The Kier molecular flexibility index (Phi) is 2.89. The molecule has 5 heteroatoms. The van der Waals surface area contributed by atoms with Gasteiger partial charge in [-0.05, 0) is 12.1 Å². The lowest BCUT2D eigenvalue weighted by Crippen LogP contribution is -1.74. The predicted molar refractivity (Wildman–Crippen MR) is 60.0 cm³/mol. The standard InChI is InChI=1S/C8H5Cl2NS2/c9-3-8-11-5(4-12-8)6-1-2-7(10)13-6/h1-2,4H,3H2. The summed E-state index contributed by atoms with van der Waals surface area (Å²) < 4.78 is 0.787. The maximum absolute atomic E-state index is 5.82. The van der Waals surface area contributed by atoms with Gasteiger partial charge in [0.15, 0.2) is 0 Å². The summed E-state index contributed by atoms with van der Waals surface area (Å²) in [6, 6.07) is 3.85. The molecule has 0 fully saturated rings. The van der Waals surface area contributed by atoms with Crippen LogP contribution in [0, 0.1) is 0 Å². The molecule has 0 saturated heterocycles. The van der Waals surface area contributed by atoms with E-state index in [1.807, 2.05) is 17.5 Å². The molecular formula is C8H5Cl2NS2. The minimum absolute atomic E-state index is 0.476. The summed E-state index contributed by atoms with van der Waals surface area (Å²) in [5.41, 5.74) is 0.970. The van der Waals surface area contributed by atoms with Gasteiger partial charge in [-0.15, -0.1) is 34.3 Å². The Morgan fingerprint density at radius 2 is 2.23 bits per heavy atom. The molecule has 2 aromatic heterocycles. The first-order chi connectivity index (χ1) is 6.29. The topological polar surface area (TPSA) is 12.9 Å². The van der Waals surface area contributed by atoms with Crippen LogP contribution >= 0.6 is 45.9 Å². The van der Waals surface area contributed by atoms with Crippen molar-refractivity contribution in [3.8, 4) is 10.6 Å². The van der Waals surface area contributed by atoms with Crippen molar-refractivity contribution in [2.75, 3.05) is 0 Å². The lowest BCUT2D eigenvalue weighted by Gasteiger charge is -1.86. The molecule has 2 aromatic rings. The van der Waals surface area contributed by atoms with Crippen LogP contribution in [-0.2, 0) is 5.88 Å². The van der Waals surface area contributed by atoms with Crippen LogP contribution in [0.15, 0.2) is 17.5 Å². The van der Waals surface area contributed by atoms with Crippen LogP contribution in [0.2, 0.25) is 4.34 Å². The fraction of sp³-hybridized carbons (Fsp3) is 0.125. The van der Waals surface area contributed by atoms with Gasteiger partial charge in [0, 0.05) is 5.38 Å². The van der Waals surface area contributed by atoms with Gasteiger partial charge in [0.25, 0.3) is 0 Å². The van der Waals surface area contributed by atoms with E-state index in [1.54, 1.807) is 11.3 Å². The van der Waals surface area contributed by atoms with Crippen LogP contribution in [0.4, 0.5) is 0 Å². The largest absolute Gasteiger partial charge is 0.239 e. The second kappa shape index (κ2) is 3.96. The smallest absolute Gasteiger partial charge is 0.108 e. The van der Waals surface area contributed by atoms with Gasteiger partial charge in [-0.1, -0.05) is 11.6 Å². The highest BCUT2D eigenvalue weighted by atomic mass is 35.5. The normalized spacial score (nSPS) is 10.6. The van der Waals surface area contributed by atoms with Crippen LogP contribution in [0.25, 0.3) is 10.6 Å². The molecule has 0 aromatic carbocycles. The summed E-state index contributed by atoms with van der Waals surface area (Å²) in [5.74, 6) is 0.476. The Labute approximate surface area is 94.0 Å². The monoisotopic (exact) mass is 249 g/mol. The van der Waals surface area contributed by atoms with Crippen molar-refractivity contribution in [1.82, 2.24) is 4.98 Å². The zero-order valence-electron chi connectivity index (χ0n) is 6.46. The molecule has 0 atom stereocenters. The second-order valence-corrected chi connectivity index (χ2v) is 5.29. The van der Waals surface area contributed by atoms with E-state index in [-0.39, 0.29) is 0 Å². The van der Waals surface area contributed by atoms with Crippen LogP contribution in [0.1, 0.15) is 5.01 Å². The van der Waals surface area contributed by atoms with E-state index < -0.39 is 0 Å². The number of hydrogen-bond acceptors (Lipinski definition) is 3. The van der Waals surface area contributed by atoms with E-state index >= 15 is 0 Å². The van der Waals surface area contributed by atoms with Crippen molar-refractivity contribution in [3.05, 3.63) is 26.9 Å². The van der Waals surface area contributed by atoms with Crippen LogP contribution < -0.4 is 0 Å². The Bertz CT molecular complexity index is 408. The summed E-state index contributed by atoms with van der Waals surface area (Å²) in [4.78, 5) is 5.45. The lowest BCUT2D eigenvalue weighted by atomic mass is 10.4. The van der Waals surface area contributed by atoms with Gasteiger partial charge in [0.2, 0.25) is 0 Å². The van der Waals surface area contributed by atoms with Gasteiger partial charge in [-0.3, -0.25) is 0 Å². The molecule has 0 aliphatic heterocycles. The minimum Gasteiger partial charge on any atom is -0.239 e. The Balaban J connectivity index is 2.35. The Hall–Kier alpha value is -0.0900. The average molecular weight is 250 g/mol. The molecule has 13 heavy (non-hydrogen) atoms. The number of thiophene rings is 1.